The molecule has 80 valence electrons. The summed E-state index contributed by atoms with van der Waals surface area (Å²) in [4.78, 5) is 11.3. The zero-order chi connectivity index (χ0) is 11.1. The van der Waals surface area contributed by atoms with Gasteiger partial charge in [-0.15, -0.1) is 0 Å². The predicted molar refractivity (Wildman–Crippen MR) is 43.5 cm³/mol. The Morgan fingerprint density at radius 1 is 1.57 bits per heavy atom. The molecule has 0 saturated carbocycles. The maximum Gasteiger partial charge on any atom is 0.418 e. The lowest BCUT2D eigenvalue weighted by Gasteiger charge is -2.37. The van der Waals surface area contributed by atoms with Crippen molar-refractivity contribution in [3.05, 3.63) is 11.6 Å². The molecule has 0 aliphatic heterocycles. The highest BCUT2D eigenvalue weighted by molar-refractivity contribution is 5.98. The van der Waals surface area contributed by atoms with Crippen molar-refractivity contribution >= 4 is 5.78 Å². The van der Waals surface area contributed by atoms with Gasteiger partial charge in [-0.05, 0) is 12.5 Å². The number of hydrogen-bond donors (Lipinski definition) is 1. The lowest BCUT2D eigenvalue weighted by Crippen LogP contribution is -2.54. The first kappa shape index (κ1) is 11.2. The summed E-state index contributed by atoms with van der Waals surface area (Å²) < 4.78 is 37.3. The largest absolute Gasteiger partial charge is 0.418 e. The highest BCUT2D eigenvalue weighted by Crippen LogP contribution is 2.42. The van der Waals surface area contributed by atoms with E-state index in [2.05, 4.69) is 0 Å². The first-order valence-corrected chi connectivity index (χ1v) is 4.20. The summed E-state index contributed by atoms with van der Waals surface area (Å²) in [6.45, 7) is 2.56. The second-order valence-electron chi connectivity index (χ2n) is 3.60. The molecular formula is C9H11F3O2. The van der Waals surface area contributed by atoms with Crippen molar-refractivity contribution in [2.24, 2.45) is 5.92 Å². The molecule has 0 bridgehead atoms. The number of allylic oxidation sites excluding steroid dienone is 1. The molecule has 0 aromatic heterocycles. The second-order valence-corrected chi connectivity index (χ2v) is 3.60. The van der Waals surface area contributed by atoms with Gasteiger partial charge < -0.3 is 5.11 Å². The maximum atomic E-state index is 12.4. The summed E-state index contributed by atoms with van der Waals surface area (Å²) in [5, 5.41) is 9.37. The van der Waals surface area contributed by atoms with Crippen LogP contribution < -0.4 is 0 Å². The molecule has 0 amide bonds. The number of halogens is 3. The lowest BCUT2D eigenvalue weighted by molar-refractivity contribution is -0.274. The Kier molecular flexibility index (Phi) is 2.48. The molecule has 0 radical (unpaired) electrons. The van der Waals surface area contributed by atoms with E-state index in [9.17, 15) is 23.1 Å². The standard InChI is InChI=1S/C9H11F3O2/c1-5-3-4-8(14,9(10,11)12)6(2)7(5)13/h3,6,14H,4H2,1-2H3. The number of Topliss-reactive ketones (excluding diaryl/α,β-unsaturated/α-hetero) is 1. The molecule has 14 heavy (non-hydrogen) atoms. The summed E-state index contributed by atoms with van der Waals surface area (Å²) in [6.07, 6.45) is -4.18. The van der Waals surface area contributed by atoms with E-state index in [1.54, 1.807) is 0 Å². The van der Waals surface area contributed by atoms with Crippen LogP contribution in [0.25, 0.3) is 0 Å². The van der Waals surface area contributed by atoms with Crippen molar-refractivity contribution in [3.8, 4) is 0 Å². The molecule has 1 aliphatic rings. The minimum absolute atomic E-state index is 0.284. The van der Waals surface area contributed by atoms with Gasteiger partial charge in [0.15, 0.2) is 11.4 Å². The molecule has 2 nitrogen and oxygen atoms in total. The molecule has 2 atom stereocenters. The summed E-state index contributed by atoms with van der Waals surface area (Å²) in [7, 11) is 0. The Morgan fingerprint density at radius 2 is 2.07 bits per heavy atom. The van der Waals surface area contributed by atoms with Crippen LogP contribution in [0, 0.1) is 5.92 Å². The third kappa shape index (κ3) is 1.45. The predicted octanol–water partition coefficient (Wildman–Crippen LogP) is 1.83. The number of rotatable bonds is 0. The van der Waals surface area contributed by atoms with Crippen LogP contribution in [0.4, 0.5) is 13.2 Å². The summed E-state index contributed by atoms with van der Waals surface area (Å²) in [5.74, 6) is -2.07. The quantitative estimate of drug-likeness (QED) is 0.659. The minimum atomic E-state index is -4.76. The SMILES string of the molecule is CC1=CCC(O)(C(F)(F)F)C(C)C1=O. The van der Waals surface area contributed by atoms with Crippen LogP contribution in [0.2, 0.25) is 0 Å². The van der Waals surface area contributed by atoms with Gasteiger partial charge in [-0.25, -0.2) is 0 Å². The van der Waals surface area contributed by atoms with Crippen LogP contribution in [0.1, 0.15) is 20.3 Å². The van der Waals surface area contributed by atoms with Gasteiger partial charge >= 0.3 is 6.18 Å². The highest BCUT2D eigenvalue weighted by Gasteiger charge is 2.59. The Bertz CT molecular complexity index is 293. The smallest absolute Gasteiger partial charge is 0.380 e. The number of alkyl halides is 3. The molecule has 2 unspecified atom stereocenters. The normalized spacial score (nSPS) is 34.3. The van der Waals surface area contributed by atoms with Crippen molar-refractivity contribution in [1.82, 2.24) is 0 Å². The van der Waals surface area contributed by atoms with E-state index in [0.717, 1.165) is 13.0 Å². The van der Waals surface area contributed by atoms with E-state index in [-0.39, 0.29) is 5.57 Å². The first-order chi connectivity index (χ1) is 6.20. The van der Waals surface area contributed by atoms with Crippen LogP contribution in [-0.4, -0.2) is 22.7 Å². The molecule has 0 heterocycles. The van der Waals surface area contributed by atoms with E-state index in [1.807, 2.05) is 0 Å². The van der Waals surface area contributed by atoms with Gasteiger partial charge in [0, 0.05) is 6.42 Å². The molecule has 1 aliphatic carbocycles. The van der Waals surface area contributed by atoms with Gasteiger partial charge in [0.1, 0.15) is 0 Å². The Balaban J connectivity index is 3.11. The third-order valence-electron chi connectivity index (χ3n) is 2.71. The summed E-state index contributed by atoms with van der Waals surface area (Å²) in [6, 6.07) is 0. The maximum absolute atomic E-state index is 12.4. The van der Waals surface area contributed by atoms with Crippen LogP contribution in [0.15, 0.2) is 11.6 Å². The van der Waals surface area contributed by atoms with Gasteiger partial charge in [-0.2, -0.15) is 13.2 Å². The number of ketones is 1. The number of carbonyl (C=O) groups excluding carboxylic acids is 1. The molecule has 0 fully saturated rings. The monoisotopic (exact) mass is 208 g/mol. The van der Waals surface area contributed by atoms with Gasteiger partial charge in [-0.1, -0.05) is 13.0 Å². The van der Waals surface area contributed by atoms with E-state index in [4.69, 9.17) is 0 Å². The first-order valence-electron chi connectivity index (χ1n) is 4.20. The van der Waals surface area contributed by atoms with Gasteiger partial charge in [0.05, 0.1) is 5.92 Å². The van der Waals surface area contributed by atoms with E-state index in [0.29, 0.717) is 0 Å². The van der Waals surface area contributed by atoms with Crippen LogP contribution >= 0.6 is 0 Å². The summed E-state index contributed by atoms with van der Waals surface area (Å²) in [5.41, 5.74) is -2.62. The van der Waals surface area contributed by atoms with Gasteiger partial charge in [-0.3, -0.25) is 4.79 Å². The molecular weight excluding hydrogens is 197 g/mol. The fourth-order valence-corrected chi connectivity index (χ4v) is 1.51. The third-order valence-corrected chi connectivity index (χ3v) is 2.71. The van der Waals surface area contributed by atoms with Crippen molar-refractivity contribution < 1.29 is 23.1 Å². The fraction of sp³-hybridized carbons (Fsp3) is 0.667. The Morgan fingerprint density at radius 3 is 2.50 bits per heavy atom. The fourth-order valence-electron chi connectivity index (χ4n) is 1.51. The number of aliphatic hydroxyl groups is 1. The average molecular weight is 208 g/mol. The number of carbonyl (C=O) groups is 1. The molecule has 0 saturated heterocycles. The van der Waals surface area contributed by atoms with E-state index >= 15 is 0 Å². The van der Waals surface area contributed by atoms with Crippen LogP contribution in [0.5, 0.6) is 0 Å². The van der Waals surface area contributed by atoms with Crippen molar-refractivity contribution in [2.75, 3.05) is 0 Å². The number of hydrogen-bond acceptors (Lipinski definition) is 2. The molecule has 1 N–H and O–H groups in total. The Labute approximate surface area is 79.4 Å². The van der Waals surface area contributed by atoms with Gasteiger partial charge in [0.2, 0.25) is 0 Å². The van der Waals surface area contributed by atoms with Crippen molar-refractivity contribution in [1.29, 1.82) is 0 Å². The highest BCUT2D eigenvalue weighted by atomic mass is 19.4. The molecule has 1 rings (SSSR count). The molecule has 0 spiro atoms. The summed E-state index contributed by atoms with van der Waals surface area (Å²) >= 11 is 0. The van der Waals surface area contributed by atoms with Crippen LogP contribution in [0.3, 0.4) is 0 Å². The second kappa shape index (κ2) is 3.08. The van der Waals surface area contributed by atoms with Crippen molar-refractivity contribution in [2.45, 2.75) is 32.0 Å². The van der Waals surface area contributed by atoms with E-state index < -0.39 is 29.9 Å². The van der Waals surface area contributed by atoms with E-state index in [1.165, 1.54) is 6.92 Å². The molecule has 5 heteroatoms. The Hall–Kier alpha value is -0.840. The molecule has 0 aromatic carbocycles. The zero-order valence-electron chi connectivity index (χ0n) is 7.85. The average Bonchev–Trinajstić information content (AvgIpc) is 2.06. The zero-order valence-corrected chi connectivity index (χ0v) is 7.85. The minimum Gasteiger partial charge on any atom is -0.380 e. The lowest BCUT2D eigenvalue weighted by atomic mass is 9.76. The van der Waals surface area contributed by atoms with Crippen LogP contribution in [-0.2, 0) is 4.79 Å². The topological polar surface area (TPSA) is 37.3 Å². The van der Waals surface area contributed by atoms with Crippen molar-refractivity contribution in [3.63, 3.8) is 0 Å². The van der Waals surface area contributed by atoms with Gasteiger partial charge in [0.25, 0.3) is 0 Å². The molecule has 0 aromatic rings.